The number of nitrogens with one attached hydrogen (secondary N) is 2. The van der Waals surface area contributed by atoms with Crippen molar-refractivity contribution in [1.29, 1.82) is 0 Å². The van der Waals surface area contributed by atoms with Gasteiger partial charge in [-0.3, -0.25) is 14.7 Å². The van der Waals surface area contributed by atoms with E-state index in [1.165, 1.54) is 12.1 Å². The molecule has 1 aliphatic rings. The van der Waals surface area contributed by atoms with Crippen LogP contribution in [0.4, 0.5) is 4.39 Å². The number of halogens is 1. The van der Waals surface area contributed by atoms with Crippen LogP contribution < -0.4 is 5.32 Å². The first-order chi connectivity index (χ1) is 12.0. The van der Waals surface area contributed by atoms with Crippen molar-refractivity contribution in [2.45, 2.75) is 39.3 Å². The van der Waals surface area contributed by atoms with Crippen LogP contribution in [-0.4, -0.2) is 39.5 Å². The van der Waals surface area contributed by atoms with E-state index in [0.717, 1.165) is 23.2 Å². The van der Waals surface area contributed by atoms with Gasteiger partial charge in [-0.05, 0) is 31.0 Å². The highest BCUT2D eigenvalue weighted by Crippen LogP contribution is 2.17. The van der Waals surface area contributed by atoms with E-state index in [4.69, 9.17) is 0 Å². The first-order valence-corrected chi connectivity index (χ1v) is 8.34. The number of carbonyl (C=O) groups is 2. The summed E-state index contributed by atoms with van der Waals surface area (Å²) in [6, 6.07) is 5.92. The van der Waals surface area contributed by atoms with Crippen molar-refractivity contribution >= 4 is 11.8 Å². The Morgan fingerprint density at radius 2 is 2.28 bits per heavy atom. The minimum atomic E-state index is -0.324. The Bertz CT molecular complexity index is 802. The van der Waals surface area contributed by atoms with Crippen molar-refractivity contribution in [3.05, 3.63) is 52.6 Å². The molecule has 0 unspecified atom stereocenters. The minimum absolute atomic E-state index is 0.0532. The van der Waals surface area contributed by atoms with E-state index in [1.54, 1.807) is 17.0 Å². The number of likely N-dealkylation sites (tertiary alicyclic amines) is 1. The molecule has 2 aromatic rings. The van der Waals surface area contributed by atoms with Crippen LogP contribution in [0, 0.1) is 12.7 Å². The highest BCUT2D eigenvalue weighted by molar-refractivity contribution is 5.94. The van der Waals surface area contributed by atoms with Crippen LogP contribution in [0.25, 0.3) is 0 Å². The van der Waals surface area contributed by atoms with Crippen LogP contribution in [-0.2, 0) is 17.8 Å². The van der Waals surface area contributed by atoms with Gasteiger partial charge in [-0.1, -0.05) is 19.1 Å². The molecule has 1 fully saturated rings. The molecule has 1 aromatic heterocycles. The molecular weight excluding hydrogens is 323 g/mol. The van der Waals surface area contributed by atoms with Crippen molar-refractivity contribution in [3.63, 3.8) is 0 Å². The van der Waals surface area contributed by atoms with Gasteiger partial charge in [0.05, 0.1) is 6.04 Å². The second-order valence-corrected chi connectivity index (χ2v) is 6.31. The molecule has 3 rings (SSSR count). The lowest BCUT2D eigenvalue weighted by atomic mass is 10.1. The van der Waals surface area contributed by atoms with Crippen molar-refractivity contribution in [2.75, 3.05) is 6.54 Å². The summed E-state index contributed by atoms with van der Waals surface area (Å²) in [5.41, 5.74) is 2.87. The standard InChI is InChI=1S/C18H21FN4O2/c1-3-15-11(2)17(22-21-15)18(25)20-14-8-16(24)23(10-14)9-12-5-4-6-13(19)7-12/h4-7,14H,3,8-10H2,1-2H3,(H,20,25)(H,21,22)/t14-/m1/s1. The predicted molar refractivity (Wildman–Crippen MR) is 90.4 cm³/mol. The fourth-order valence-electron chi connectivity index (χ4n) is 3.13. The maximum absolute atomic E-state index is 13.3. The Kier molecular flexibility index (Phi) is 4.83. The van der Waals surface area contributed by atoms with Gasteiger partial charge in [0.2, 0.25) is 5.91 Å². The van der Waals surface area contributed by atoms with Gasteiger partial charge in [-0.15, -0.1) is 0 Å². The smallest absolute Gasteiger partial charge is 0.272 e. The number of hydrogen-bond donors (Lipinski definition) is 2. The summed E-state index contributed by atoms with van der Waals surface area (Å²) in [6.45, 7) is 4.59. The van der Waals surface area contributed by atoms with Crippen LogP contribution in [0.2, 0.25) is 0 Å². The molecule has 2 heterocycles. The number of amides is 2. The number of nitrogens with zero attached hydrogens (tertiary/aromatic N) is 2. The van der Waals surface area contributed by atoms with E-state index in [1.807, 2.05) is 13.8 Å². The number of aromatic nitrogens is 2. The maximum Gasteiger partial charge on any atom is 0.272 e. The van der Waals surface area contributed by atoms with Gasteiger partial charge in [0, 0.05) is 30.8 Å². The first kappa shape index (κ1) is 17.1. The van der Waals surface area contributed by atoms with Crippen LogP contribution in [0.1, 0.15) is 40.7 Å². The van der Waals surface area contributed by atoms with E-state index in [-0.39, 0.29) is 30.1 Å². The van der Waals surface area contributed by atoms with Gasteiger partial charge in [0.15, 0.2) is 5.69 Å². The third kappa shape index (κ3) is 3.70. The summed E-state index contributed by atoms with van der Waals surface area (Å²) < 4.78 is 13.3. The first-order valence-electron chi connectivity index (χ1n) is 8.34. The van der Waals surface area contributed by atoms with Crippen molar-refractivity contribution in [1.82, 2.24) is 20.4 Å². The summed E-state index contributed by atoms with van der Waals surface area (Å²) >= 11 is 0. The molecule has 25 heavy (non-hydrogen) atoms. The van der Waals surface area contributed by atoms with Crippen LogP contribution in [0.5, 0.6) is 0 Å². The van der Waals surface area contributed by atoms with Gasteiger partial charge in [-0.25, -0.2) is 4.39 Å². The van der Waals surface area contributed by atoms with Crippen LogP contribution in [0.3, 0.4) is 0 Å². The van der Waals surface area contributed by atoms with Gasteiger partial charge >= 0.3 is 0 Å². The number of H-pyrrole nitrogens is 1. The largest absolute Gasteiger partial charge is 0.346 e. The zero-order valence-electron chi connectivity index (χ0n) is 14.3. The molecule has 2 N–H and O–H groups in total. The quantitative estimate of drug-likeness (QED) is 0.870. The molecular formula is C18H21FN4O2. The summed E-state index contributed by atoms with van der Waals surface area (Å²) in [5, 5.41) is 9.80. The molecule has 6 nitrogen and oxygen atoms in total. The van der Waals surface area contributed by atoms with Gasteiger partial charge in [-0.2, -0.15) is 5.10 Å². The zero-order valence-corrected chi connectivity index (χ0v) is 14.3. The Balaban J connectivity index is 1.62. The maximum atomic E-state index is 13.3. The second kappa shape index (κ2) is 7.04. The number of rotatable bonds is 5. The van der Waals surface area contributed by atoms with Crippen molar-refractivity contribution in [2.24, 2.45) is 0 Å². The van der Waals surface area contributed by atoms with Gasteiger partial charge in [0.25, 0.3) is 5.91 Å². The van der Waals surface area contributed by atoms with Gasteiger partial charge in [0.1, 0.15) is 5.82 Å². The lowest BCUT2D eigenvalue weighted by molar-refractivity contribution is -0.128. The van der Waals surface area contributed by atoms with Gasteiger partial charge < -0.3 is 10.2 Å². The fraction of sp³-hybridized carbons (Fsp3) is 0.389. The SMILES string of the molecule is CCc1[nH]nc(C(=O)N[C@@H]2CC(=O)N(Cc3cccc(F)c3)C2)c1C. The molecule has 1 atom stereocenters. The number of carbonyl (C=O) groups excluding carboxylic acids is 2. The average molecular weight is 344 g/mol. The Labute approximate surface area is 145 Å². The number of aryl methyl sites for hydroxylation is 1. The average Bonchev–Trinajstić information content (AvgIpc) is 3.10. The Hall–Kier alpha value is -2.70. The van der Waals surface area contributed by atoms with E-state index in [9.17, 15) is 14.0 Å². The molecule has 132 valence electrons. The second-order valence-electron chi connectivity index (χ2n) is 6.31. The molecule has 1 saturated heterocycles. The van der Waals surface area contributed by atoms with E-state index in [0.29, 0.717) is 18.8 Å². The normalized spacial score (nSPS) is 17.2. The third-order valence-electron chi connectivity index (χ3n) is 4.49. The van der Waals surface area contributed by atoms with E-state index >= 15 is 0 Å². The highest BCUT2D eigenvalue weighted by Gasteiger charge is 2.31. The third-order valence-corrected chi connectivity index (χ3v) is 4.49. The molecule has 2 amide bonds. The molecule has 0 radical (unpaired) electrons. The van der Waals surface area contributed by atoms with Crippen molar-refractivity contribution < 1.29 is 14.0 Å². The molecule has 0 saturated carbocycles. The van der Waals surface area contributed by atoms with Crippen LogP contribution in [0.15, 0.2) is 24.3 Å². The molecule has 7 heteroatoms. The molecule has 1 aromatic carbocycles. The Morgan fingerprint density at radius 3 is 2.96 bits per heavy atom. The minimum Gasteiger partial charge on any atom is -0.346 e. The Morgan fingerprint density at radius 1 is 1.48 bits per heavy atom. The van der Waals surface area contributed by atoms with E-state index in [2.05, 4.69) is 15.5 Å². The molecule has 0 spiro atoms. The predicted octanol–water partition coefficient (Wildman–Crippen LogP) is 1.95. The molecule has 1 aliphatic heterocycles. The summed E-state index contributed by atoms with van der Waals surface area (Å²) in [6.07, 6.45) is 1.01. The lowest BCUT2D eigenvalue weighted by Gasteiger charge is -2.17. The van der Waals surface area contributed by atoms with E-state index < -0.39 is 0 Å². The summed E-state index contributed by atoms with van der Waals surface area (Å²) in [4.78, 5) is 26.2. The number of hydrogen-bond acceptors (Lipinski definition) is 3. The highest BCUT2D eigenvalue weighted by atomic mass is 19.1. The summed E-state index contributed by atoms with van der Waals surface area (Å²) in [7, 11) is 0. The van der Waals surface area contributed by atoms with Crippen LogP contribution >= 0.6 is 0 Å². The van der Waals surface area contributed by atoms with Crippen molar-refractivity contribution in [3.8, 4) is 0 Å². The lowest BCUT2D eigenvalue weighted by Crippen LogP contribution is -2.37. The zero-order chi connectivity index (χ0) is 18.0. The number of benzene rings is 1. The molecule has 0 aliphatic carbocycles. The monoisotopic (exact) mass is 344 g/mol. The summed E-state index contributed by atoms with van der Waals surface area (Å²) in [5.74, 6) is -0.656. The fourth-order valence-corrected chi connectivity index (χ4v) is 3.13. The number of aromatic amines is 1. The molecule has 0 bridgehead atoms. The topological polar surface area (TPSA) is 78.1 Å².